The maximum Gasteiger partial charge on any atom is 0.336 e. The number of rotatable bonds is 5. The number of nitrogens with one attached hydrogen (secondary N) is 1. The number of allylic oxidation sites excluding steroid dienone is 3. The van der Waals surface area contributed by atoms with E-state index in [1.165, 1.54) is 0 Å². The Hall–Kier alpha value is -3.41. The van der Waals surface area contributed by atoms with Crippen molar-refractivity contribution < 1.29 is 23.9 Å². The molecule has 6 nitrogen and oxygen atoms in total. The maximum absolute atomic E-state index is 13.9. The second kappa shape index (κ2) is 9.22. The number of esters is 2. The molecule has 1 heterocycles. The summed E-state index contributed by atoms with van der Waals surface area (Å²) in [6.07, 6.45) is 0.513. The van der Waals surface area contributed by atoms with Crippen LogP contribution in [-0.4, -0.2) is 30.9 Å². The van der Waals surface area contributed by atoms with Crippen LogP contribution in [0.1, 0.15) is 45.6 Å². The van der Waals surface area contributed by atoms with Crippen molar-refractivity contribution >= 4 is 28.5 Å². The minimum atomic E-state index is -0.898. The van der Waals surface area contributed by atoms with E-state index >= 15 is 0 Å². The van der Waals surface area contributed by atoms with E-state index in [-0.39, 0.29) is 24.9 Å². The molecule has 0 saturated heterocycles. The van der Waals surface area contributed by atoms with Crippen LogP contribution in [0.4, 0.5) is 0 Å². The smallest absolute Gasteiger partial charge is 0.336 e. The van der Waals surface area contributed by atoms with Crippen molar-refractivity contribution in [1.82, 2.24) is 5.32 Å². The van der Waals surface area contributed by atoms with Crippen molar-refractivity contribution in [3.05, 3.63) is 70.6 Å². The number of dihydropyridines is 1. The highest BCUT2D eigenvalue weighted by Gasteiger charge is 2.47. The van der Waals surface area contributed by atoms with Gasteiger partial charge < -0.3 is 14.8 Å². The Morgan fingerprint density at radius 2 is 1.73 bits per heavy atom. The molecule has 1 N–H and O–H groups in total. The molecule has 0 spiro atoms. The average molecular weight is 448 g/mol. The fraction of sp³-hybridized carbons (Fsp3) is 0.370. The minimum absolute atomic E-state index is 0.208. The normalized spacial score (nSPS) is 22.7. The molecule has 0 saturated carbocycles. The lowest BCUT2D eigenvalue weighted by molar-refractivity contribution is -0.153. The molecule has 2 aliphatic rings. The van der Waals surface area contributed by atoms with Crippen molar-refractivity contribution in [3.63, 3.8) is 0 Å². The van der Waals surface area contributed by atoms with Gasteiger partial charge in [0.25, 0.3) is 0 Å². The van der Waals surface area contributed by atoms with Gasteiger partial charge >= 0.3 is 11.9 Å². The Morgan fingerprint density at radius 1 is 1.03 bits per heavy atom. The summed E-state index contributed by atoms with van der Waals surface area (Å²) in [6.45, 7) is 7.64. The van der Waals surface area contributed by atoms with Crippen molar-refractivity contribution in [3.8, 4) is 0 Å². The van der Waals surface area contributed by atoms with Gasteiger partial charge in [0.15, 0.2) is 5.78 Å². The van der Waals surface area contributed by atoms with Gasteiger partial charge in [-0.25, -0.2) is 4.79 Å². The average Bonchev–Trinajstić information content (AvgIpc) is 2.78. The van der Waals surface area contributed by atoms with E-state index in [4.69, 9.17) is 9.47 Å². The van der Waals surface area contributed by atoms with E-state index < -0.39 is 23.8 Å². The predicted octanol–water partition coefficient (Wildman–Crippen LogP) is 4.41. The van der Waals surface area contributed by atoms with Crippen LogP contribution in [0.15, 0.2) is 65.0 Å². The number of fused-ring (bicyclic) bond motifs is 1. The van der Waals surface area contributed by atoms with E-state index in [2.05, 4.69) is 5.32 Å². The van der Waals surface area contributed by atoms with Crippen LogP contribution in [0.3, 0.4) is 0 Å². The van der Waals surface area contributed by atoms with Crippen LogP contribution in [-0.2, 0) is 23.9 Å². The monoisotopic (exact) mass is 447 g/mol. The van der Waals surface area contributed by atoms with Crippen molar-refractivity contribution in [2.45, 2.75) is 40.0 Å². The predicted molar refractivity (Wildman–Crippen MR) is 125 cm³/mol. The largest absolute Gasteiger partial charge is 0.465 e. The summed E-state index contributed by atoms with van der Waals surface area (Å²) in [7, 11) is 0. The highest BCUT2D eigenvalue weighted by molar-refractivity contribution is 6.13. The van der Waals surface area contributed by atoms with Gasteiger partial charge in [-0.3, -0.25) is 9.59 Å². The van der Waals surface area contributed by atoms with Crippen LogP contribution >= 0.6 is 0 Å². The zero-order valence-corrected chi connectivity index (χ0v) is 19.4. The molecule has 0 bridgehead atoms. The number of hydrogen-bond acceptors (Lipinski definition) is 6. The zero-order chi connectivity index (χ0) is 23.7. The molecular weight excluding hydrogens is 418 g/mol. The lowest BCUT2D eigenvalue weighted by Gasteiger charge is -2.38. The summed E-state index contributed by atoms with van der Waals surface area (Å²) in [6, 6.07) is 13.8. The Balaban J connectivity index is 1.94. The van der Waals surface area contributed by atoms with Gasteiger partial charge in [0.2, 0.25) is 0 Å². The summed E-state index contributed by atoms with van der Waals surface area (Å²) in [4.78, 5) is 39.8. The first kappa shape index (κ1) is 22.8. The lowest BCUT2D eigenvalue weighted by atomic mass is 9.68. The van der Waals surface area contributed by atoms with Crippen LogP contribution in [0.25, 0.3) is 10.8 Å². The zero-order valence-electron chi connectivity index (χ0n) is 19.4. The van der Waals surface area contributed by atoms with Gasteiger partial charge in [-0.2, -0.15) is 0 Å². The second-order valence-corrected chi connectivity index (χ2v) is 8.55. The Kier molecular flexibility index (Phi) is 6.36. The topological polar surface area (TPSA) is 81.7 Å². The summed E-state index contributed by atoms with van der Waals surface area (Å²) in [5.41, 5.74) is 3.12. The summed E-state index contributed by atoms with van der Waals surface area (Å²) in [5, 5.41) is 5.25. The molecule has 0 aromatic heterocycles. The van der Waals surface area contributed by atoms with E-state index in [9.17, 15) is 14.4 Å². The highest BCUT2D eigenvalue weighted by atomic mass is 16.5. The molecule has 2 aromatic rings. The molecule has 172 valence electrons. The number of carbonyl (C=O) groups is 3. The molecule has 0 amide bonds. The van der Waals surface area contributed by atoms with Gasteiger partial charge in [-0.1, -0.05) is 49.4 Å². The second-order valence-electron chi connectivity index (χ2n) is 8.55. The first-order chi connectivity index (χ1) is 15.9. The number of hydrogen-bond donors (Lipinski definition) is 1. The van der Waals surface area contributed by atoms with Gasteiger partial charge in [-0.05, 0) is 49.4 Å². The number of Topliss-reactive ketones (excluding diaryl/α,β-unsaturated/α-hetero) is 1. The standard InChI is InChI=1S/C27H29NO5/c1-5-32-26(30)21-15(3)14-20-24(25(21)29)23(22(16(4)28-20)27(31)33-6-2)19-13-9-11-17-10-7-8-12-18(17)19/h7-13,15,21,23,28H,5-6,14H2,1-4H3. The van der Waals surface area contributed by atoms with Gasteiger partial charge in [0.05, 0.1) is 18.8 Å². The Labute approximate surface area is 193 Å². The summed E-state index contributed by atoms with van der Waals surface area (Å²) < 4.78 is 10.6. The summed E-state index contributed by atoms with van der Waals surface area (Å²) >= 11 is 0. The van der Waals surface area contributed by atoms with Crippen molar-refractivity contribution in [2.24, 2.45) is 11.8 Å². The highest BCUT2D eigenvalue weighted by Crippen LogP contribution is 2.46. The molecule has 1 aliphatic carbocycles. The van der Waals surface area contributed by atoms with Crippen LogP contribution in [0.5, 0.6) is 0 Å². The first-order valence-corrected chi connectivity index (χ1v) is 11.4. The fourth-order valence-electron chi connectivity index (χ4n) is 5.08. The third kappa shape index (κ3) is 3.94. The maximum atomic E-state index is 13.9. The molecular formula is C27H29NO5. The number of ketones is 1. The van der Waals surface area contributed by atoms with Gasteiger partial charge in [0, 0.05) is 22.9 Å². The van der Waals surface area contributed by atoms with Crippen molar-refractivity contribution in [1.29, 1.82) is 0 Å². The number of benzene rings is 2. The molecule has 2 aromatic carbocycles. The minimum Gasteiger partial charge on any atom is -0.465 e. The third-order valence-electron chi connectivity index (χ3n) is 6.46. The summed E-state index contributed by atoms with van der Waals surface area (Å²) in [5.74, 6) is -3.02. The molecule has 0 fully saturated rings. The number of ether oxygens (including phenoxy) is 2. The third-order valence-corrected chi connectivity index (χ3v) is 6.46. The van der Waals surface area contributed by atoms with Crippen LogP contribution in [0.2, 0.25) is 0 Å². The Bertz CT molecular complexity index is 1190. The Morgan fingerprint density at radius 3 is 2.45 bits per heavy atom. The lowest BCUT2D eigenvalue weighted by Crippen LogP contribution is -2.43. The first-order valence-electron chi connectivity index (χ1n) is 11.4. The molecule has 1 aliphatic heterocycles. The van der Waals surface area contributed by atoms with E-state index in [1.807, 2.05) is 56.3 Å². The van der Waals surface area contributed by atoms with Crippen LogP contribution in [0, 0.1) is 11.8 Å². The molecule has 6 heteroatoms. The fourth-order valence-corrected chi connectivity index (χ4v) is 5.08. The van der Waals surface area contributed by atoms with Gasteiger partial charge in [-0.15, -0.1) is 0 Å². The van der Waals surface area contributed by atoms with E-state index in [0.717, 1.165) is 22.0 Å². The van der Waals surface area contributed by atoms with Crippen molar-refractivity contribution in [2.75, 3.05) is 13.2 Å². The SMILES string of the molecule is CCOC(=O)C1=C(C)NC2=C(C(=O)C(C(=O)OCC)C(C)C2)C1c1cccc2ccccc12. The van der Waals surface area contributed by atoms with E-state index in [1.54, 1.807) is 13.8 Å². The quantitative estimate of drug-likeness (QED) is 0.540. The molecule has 3 atom stereocenters. The van der Waals surface area contributed by atoms with Crippen LogP contribution < -0.4 is 5.32 Å². The molecule has 0 radical (unpaired) electrons. The molecule has 3 unspecified atom stereocenters. The molecule has 4 rings (SSSR count). The van der Waals surface area contributed by atoms with Gasteiger partial charge in [0.1, 0.15) is 5.92 Å². The number of carbonyl (C=O) groups excluding carboxylic acids is 3. The molecule has 33 heavy (non-hydrogen) atoms. The van der Waals surface area contributed by atoms with E-state index in [0.29, 0.717) is 23.3 Å².